The van der Waals surface area contributed by atoms with Gasteiger partial charge in [-0.15, -0.1) is 0 Å². The molecule has 2 aromatic rings. The Hall–Kier alpha value is -2.67. The fraction of sp³-hybridized carbons (Fsp3) is 0.188. The highest BCUT2D eigenvalue weighted by Crippen LogP contribution is 2.31. The predicted molar refractivity (Wildman–Crippen MR) is 78.0 cm³/mol. The monoisotopic (exact) mass is 268 g/mol. The van der Waals surface area contributed by atoms with Gasteiger partial charge in [-0.3, -0.25) is 0 Å². The first kappa shape index (κ1) is 13.8. The van der Waals surface area contributed by atoms with Gasteiger partial charge in [0.2, 0.25) is 0 Å². The molecule has 4 nitrogen and oxygen atoms in total. The fourth-order valence-corrected chi connectivity index (χ4v) is 1.95. The standard InChI is InChI=1S/C16H16N2O2/c1-19-15-5-3-4-13(16(15)20-2)11-18-14-8-6-12(10-17)7-9-14/h3-9,18H,11H2,1-2H3. The molecule has 20 heavy (non-hydrogen) atoms. The summed E-state index contributed by atoms with van der Waals surface area (Å²) in [6.07, 6.45) is 0. The maximum absolute atomic E-state index is 8.76. The predicted octanol–water partition coefficient (Wildman–Crippen LogP) is 3.19. The van der Waals surface area contributed by atoms with Crippen molar-refractivity contribution >= 4 is 5.69 Å². The molecule has 2 rings (SSSR count). The van der Waals surface area contributed by atoms with Gasteiger partial charge in [-0.25, -0.2) is 0 Å². The van der Waals surface area contributed by atoms with Gasteiger partial charge in [0.15, 0.2) is 11.5 Å². The van der Waals surface area contributed by atoms with Crippen molar-refractivity contribution in [1.29, 1.82) is 5.26 Å². The molecule has 0 spiro atoms. The quantitative estimate of drug-likeness (QED) is 0.904. The van der Waals surface area contributed by atoms with Gasteiger partial charge in [-0.05, 0) is 30.3 Å². The molecule has 0 atom stereocenters. The summed E-state index contributed by atoms with van der Waals surface area (Å²) >= 11 is 0. The van der Waals surface area contributed by atoms with Gasteiger partial charge in [0.05, 0.1) is 25.9 Å². The number of anilines is 1. The molecule has 0 fully saturated rings. The molecule has 0 aliphatic heterocycles. The molecular weight excluding hydrogens is 252 g/mol. The van der Waals surface area contributed by atoms with E-state index in [-0.39, 0.29) is 0 Å². The molecule has 0 aliphatic rings. The van der Waals surface area contributed by atoms with Gasteiger partial charge in [0.25, 0.3) is 0 Å². The fourth-order valence-electron chi connectivity index (χ4n) is 1.95. The number of methoxy groups -OCH3 is 2. The van der Waals surface area contributed by atoms with Crippen molar-refractivity contribution in [2.75, 3.05) is 19.5 Å². The van der Waals surface area contributed by atoms with Crippen LogP contribution in [0.5, 0.6) is 11.5 Å². The van der Waals surface area contributed by atoms with E-state index >= 15 is 0 Å². The van der Waals surface area contributed by atoms with Crippen molar-refractivity contribution in [2.24, 2.45) is 0 Å². The maximum atomic E-state index is 8.76. The van der Waals surface area contributed by atoms with Crippen LogP contribution in [0.2, 0.25) is 0 Å². The summed E-state index contributed by atoms with van der Waals surface area (Å²) in [4.78, 5) is 0. The van der Waals surface area contributed by atoms with E-state index < -0.39 is 0 Å². The molecule has 0 amide bonds. The molecule has 0 saturated carbocycles. The third-order valence-electron chi connectivity index (χ3n) is 2.98. The minimum atomic E-state index is 0.617. The summed E-state index contributed by atoms with van der Waals surface area (Å²) < 4.78 is 10.7. The highest BCUT2D eigenvalue weighted by atomic mass is 16.5. The molecule has 4 heteroatoms. The first-order valence-electron chi connectivity index (χ1n) is 6.22. The minimum absolute atomic E-state index is 0.617. The lowest BCUT2D eigenvalue weighted by Crippen LogP contribution is -2.02. The lowest BCUT2D eigenvalue weighted by molar-refractivity contribution is 0.352. The first-order valence-corrected chi connectivity index (χ1v) is 6.22. The van der Waals surface area contributed by atoms with Gasteiger partial charge in [0.1, 0.15) is 0 Å². The highest BCUT2D eigenvalue weighted by molar-refractivity contribution is 5.51. The third-order valence-corrected chi connectivity index (χ3v) is 2.98. The zero-order valence-corrected chi connectivity index (χ0v) is 11.5. The van der Waals surface area contributed by atoms with E-state index in [1.54, 1.807) is 26.4 Å². The van der Waals surface area contributed by atoms with Crippen LogP contribution in [0, 0.1) is 11.3 Å². The van der Waals surface area contributed by atoms with E-state index in [2.05, 4.69) is 11.4 Å². The summed E-state index contributed by atoms with van der Waals surface area (Å²) in [7, 11) is 3.25. The van der Waals surface area contributed by atoms with E-state index in [9.17, 15) is 0 Å². The lowest BCUT2D eigenvalue weighted by Gasteiger charge is -2.13. The normalized spacial score (nSPS) is 9.65. The first-order chi connectivity index (χ1) is 9.78. The number of hydrogen-bond donors (Lipinski definition) is 1. The number of nitrogens with zero attached hydrogens (tertiary/aromatic N) is 1. The third kappa shape index (κ3) is 3.01. The second-order valence-electron chi connectivity index (χ2n) is 4.20. The van der Waals surface area contributed by atoms with Crippen LogP contribution in [0.15, 0.2) is 42.5 Å². The minimum Gasteiger partial charge on any atom is -0.493 e. The van der Waals surface area contributed by atoms with Gasteiger partial charge in [-0.1, -0.05) is 12.1 Å². The molecule has 0 aromatic heterocycles. The second kappa shape index (κ2) is 6.48. The van der Waals surface area contributed by atoms with Gasteiger partial charge >= 0.3 is 0 Å². The van der Waals surface area contributed by atoms with Crippen molar-refractivity contribution in [3.8, 4) is 17.6 Å². The largest absolute Gasteiger partial charge is 0.493 e. The van der Waals surface area contributed by atoms with Gasteiger partial charge in [0, 0.05) is 17.8 Å². The van der Waals surface area contributed by atoms with Crippen molar-refractivity contribution in [2.45, 2.75) is 6.54 Å². The van der Waals surface area contributed by atoms with E-state index in [1.165, 1.54) is 0 Å². The number of ether oxygens (including phenoxy) is 2. The van der Waals surface area contributed by atoms with Crippen molar-refractivity contribution in [3.63, 3.8) is 0 Å². The van der Waals surface area contributed by atoms with Crippen LogP contribution in [-0.4, -0.2) is 14.2 Å². The van der Waals surface area contributed by atoms with Crippen molar-refractivity contribution < 1.29 is 9.47 Å². The zero-order valence-electron chi connectivity index (χ0n) is 11.5. The Labute approximate surface area is 118 Å². The molecule has 102 valence electrons. The van der Waals surface area contributed by atoms with Crippen molar-refractivity contribution in [1.82, 2.24) is 0 Å². The van der Waals surface area contributed by atoms with Crippen LogP contribution in [-0.2, 0) is 6.54 Å². The molecule has 2 aromatic carbocycles. The topological polar surface area (TPSA) is 54.3 Å². The van der Waals surface area contributed by atoms with Crippen LogP contribution in [0.25, 0.3) is 0 Å². The number of hydrogen-bond acceptors (Lipinski definition) is 4. The summed E-state index contributed by atoms with van der Waals surface area (Å²) in [6, 6.07) is 15.2. The van der Waals surface area contributed by atoms with Crippen LogP contribution in [0.4, 0.5) is 5.69 Å². The molecule has 0 saturated heterocycles. The Morgan fingerprint density at radius 2 is 1.80 bits per heavy atom. The molecule has 1 N–H and O–H groups in total. The molecule has 0 unspecified atom stereocenters. The van der Waals surface area contributed by atoms with E-state index in [0.29, 0.717) is 17.9 Å². The van der Waals surface area contributed by atoms with E-state index in [1.807, 2.05) is 30.3 Å². The lowest BCUT2D eigenvalue weighted by atomic mass is 10.1. The number of rotatable bonds is 5. The van der Waals surface area contributed by atoms with Crippen LogP contribution < -0.4 is 14.8 Å². The number of para-hydroxylation sites is 1. The Morgan fingerprint density at radius 1 is 1.05 bits per heavy atom. The van der Waals surface area contributed by atoms with Gasteiger partial charge < -0.3 is 14.8 Å². The molecule has 0 heterocycles. The second-order valence-corrected chi connectivity index (χ2v) is 4.20. The maximum Gasteiger partial charge on any atom is 0.165 e. The van der Waals surface area contributed by atoms with E-state index in [4.69, 9.17) is 14.7 Å². The van der Waals surface area contributed by atoms with Crippen LogP contribution >= 0.6 is 0 Å². The summed E-state index contributed by atoms with van der Waals surface area (Å²) in [5.41, 5.74) is 2.61. The van der Waals surface area contributed by atoms with Crippen LogP contribution in [0.1, 0.15) is 11.1 Å². The number of benzene rings is 2. The Morgan fingerprint density at radius 3 is 2.40 bits per heavy atom. The highest BCUT2D eigenvalue weighted by Gasteiger charge is 2.08. The summed E-state index contributed by atoms with van der Waals surface area (Å²) in [6.45, 7) is 0.617. The molecule has 0 radical (unpaired) electrons. The van der Waals surface area contributed by atoms with Crippen molar-refractivity contribution in [3.05, 3.63) is 53.6 Å². The van der Waals surface area contributed by atoms with Crippen LogP contribution in [0.3, 0.4) is 0 Å². The summed E-state index contributed by atoms with van der Waals surface area (Å²) in [5.74, 6) is 1.45. The Balaban J connectivity index is 2.12. The zero-order chi connectivity index (χ0) is 14.4. The Bertz CT molecular complexity index is 615. The SMILES string of the molecule is COc1cccc(CNc2ccc(C#N)cc2)c1OC. The number of nitrogens with one attached hydrogen (secondary N) is 1. The van der Waals surface area contributed by atoms with Gasteiger partial charge in [-0.2, -0.15) is 5.26 Å². The molecular formula is C16H16N2O2. The summed E-state index contributed by atoms with van der Waals surface area (Å²) in [5, 5.41) is 12.1. The molecule has 0 bridgehead atoms. The smallest absolute Gasteiger partial charge is 0.165 e. The Kier molecular flexibility index (Phi) is 4.46. The molecule has 0 aliphatic carbocycles. The number of nitriles is 1. The average Bonchev–Trinajstić information content (AvgIpc) is 2.52. The average molecular weight is 268 g/mol. The van der Waals surface area contributed by atoms with E-state index in [0.717, 1.165) is 17.0 Å².